The Labute approximate surface area is 121 Å². The van der Waals surface area contributed by atoms with Gasteiger partial charge in [0.1, 0.15) is 0 Å². The molecule has 1 aromatic carbocycles. The van der Waals surface area contributed by atoms with Crippen LogP contribution in [-0.4, -0.2) is 18.3 Å². The summed E-state index contributed by atoms with van der Waals surface area (Å²) < 4.78 is 0. The van der Waals surface area contributed by atoms with Gasteiger partial charge in [0.05, 0.1) is 0 Å². The molecule has 0 aromatic heterocycles. The Hall–Kier alpha value is -0.180. The van der Waals surface area contributed by atoms with Crippen LogP contribution >= 0.6 is 23.4 Å². The number of thioether (sulfide) groups is 1. The number of halogens is 1. The van der Waals surface area contributed by atoms with Crippen molar-refractivity contribution in [3.8, 4) is 0 Å². The largest absolute Gasteiger partial charge is 0.313 e. The second-order valence-corrected chi connectivity index (χ2v) is 5.98. The Balaban J connectivity index is 2.31. The molecule has 0 aliphatic rings. The molecule has 1 nitrogen and oxygen atoms in total. The van der Waals surface area contributed by atoms with Crippen molar-refractivity contribution in [2.24, 2.45) is 0 Å². The normalized spacial score (nSPS) is 12.6. The minimum absolute atomic E-state index is 0.641. The van der Waals surface area contributed by atoms with Crippen molar-refractivity contribution in [3.05, 3.63) is 34.9 Å². The van der Waals surface area contributed by atoms with Gasteiger partial charge in [-0.15, -0.1) is 0 Å². The fraction of sp³-hybridized carbons (Fsp3) is 0.600. The molecule has 0 aliphatic carbocycles. The lowest BCUT2D eigenvalue weighted by Gasteiger charge is -2.17. The number of nitrogens with one attached hydrogen (secondary N) is 1. The highest BCUT2D eigenvalue weighted by Gasteiger charge is 2.07. The zero-order chi connectivity index (χ0) is 13.2. The quantitative estimate of drug-likeness (QED) is 0.703. The molecule has 1 rings (SSSR count). The first-order valence-corrected chi connectivity index (χ1v) is 8.35. The summed E-state index contributed by atoms with van der Waals surface area (Å²) in [7, 11) is 0. The average Bonchev–Trinajstić information content (AvgIpc) is 2.38. The van der Waals surface area contributed by atoms with Gasteiger partial charge in [-0.1, -0.05) is 50.1 Å². The molecule has 0 saturated carbocycles. The van der Waals surface area contributed by atoms with E-state index in [0.717, 1.165) is 17.3 Å². The van der Waals surface area contributed by atoms with Gasteiger partial charge in [-0.25, -0.2) is 0 Å². The highest BCUT2D eigenvalue weighted by atomic mass is 35.5. The maximum absolute atomic E-state index is 6.16. The molecule has 0 fully saturated rings. The van der Waals surface area contributed by atoms with Crippen LogP contribution < -0.4 is 5.32 Å². The first-order valence-electron chi connectivity index (χ1n) is 6.82. The van der Waals surface area contributed by atoms with E-state index in [-0.39, 0.29) is 0 Å². The fourth-order valence-electron chi connectivity index (χ4n) is 1.87. The third-order valence-electron chi connectivity index (χ3n) is 2.85. The highest BCUT2D eigenvalue weighted by molar-refractivity contribution is 7.98. The Kier molecular flexibility index (Phi) is 8.57. The van der Waals surface area contributed by atoms with E-state index < -0.39 is 0 Å². The van der Waals surface area contributed by atoms with Crippen molar-refractivity contribution in [1.82, 2.24) is 5.32 Å². The molecule has 0 radical (unpaired) electrons. The van der Waals surface area contributed by atoms with Crippen LogP contribution in [0.5, 0.6) is 0 Å². The molecule has 0 heterocycles. The van der Waals surface area contributed by atoms with Gasteiger partial charge in [0.2, 0.25) is 0 Å². The van der Waals surface area contributed by atoms with Crippen LogP contribution in [0.2, 0.25) is 5.02 Å². The topological polar surface area (TPSA) is 12.0 Å². The molecule has 1 N–H and O–H groups in total. The number of rotatable bonds is 9. The van der Waals surface area contributed by atoms with Crippen LogP contribution in [0.3, 0.4) is 0 Å². The van der Waals surface area contributed by atoms with Crippen LogP contribution in [0.15, 0.2) is 24.3 Å². The number of hydrogen-bond donors (Lipinski definition) is 1. The molecule has 102 valence electrons. The lowest BCUT2D eigenvalue weighted by molar-refractivity contribution is 0.514. The molecule has 1 aromatic rings. The van der Waals surface area contributed by atoms with Gasteiger partial charge in [-0.2, -0.15) is 11.8 Å². The number of hydrogen-bond acceptors (Lipinski definition) is 2. The highest BCUT2D eigenvalue weighted by Crippen LogP contribution is 2.21. The molecule has 1 unspecified atom stereocenters. The molecule has 1 atom stereocenters. The van der Waals surface area contributed by atoms with E-state index in [1.165, 1.54) is 30.6 Å². The molecule has 0 saturated heterocycles. The fourth-order valence-corrected chi connectivity index (χ4v) is 3.31. The molecule has 18 heavy (non-hydrogen) atoms. The van der Waals surface area contributed by atoms with E-state index in [1.807, 2.05) is 23.9 Å². The summed E-state index contributed by atoms with van der Waals surface area (Å²) in [5, 5.41) is 4.50. The molecule has 0 aliphatic heterocycles. The standard InChI is InChI=1S/C15H24ClNS/c1-3-7-14(17-10-4-2)12-18-11-13-8-5-6-9-15(13)16/h5-6,8-9,14,17H,3-4,7,10-12H2,1-2H3. The summed E-state index contributed by atoms with van der Waals surface area (Å²) >= 11 is 8.13. The maximum Gasteiger partial charge on any atom is 0.0446 e. The van der Waals surface area contributed by atoms with E-state index in [0.29, 0.717) is 6.04 Å². The van der Waals surface area contributed by atoms with Crippen molar-refractivity contribution in [2.75, 3.05) is 12.3 Å². The van der Waals surface area contributed by atoms with E-state index in [4.69, 9.17) is 11.6 Å². The van der Waals surface area contributed by atoms with Gasteiger partial charge < -0.3 is 5.32 Å². The summed E-state index contributed by atoms with van der Waals surface area (Å²) in [5.74, 6) is 2.17. The molecule has 0 bridgehead atoms. The van der Waals surface area contributed by atoms with Crippen LogP contribution in [0.1, 0.15) is 38.7 Å². The summed E-state index contributed by atoms with van der Waals surface area (Å²) in [5.41, 5.74) is 1.25. The average molecular weight is 286 g/mol. The van der Waals surface area contributed by atoms with E-state index in [9.17, 15) is 0 Å². The SMILES string of the molecule is CCCNC(CCC)CSCc1ccccc1Cl. The zero-order valence-electron chi connectivity index (χ0n) is 11.4. The molecule has 0 spiro atoms. The van der Waals surface area contributed by atoms with Gasteiger partial charge in [0.25, 0.3) is 0 Å². The Morgan fingerprint density at radius 2 is 2.00 bits per heavy atom. The predicted molar refractivity (Wildman–Crippen MR) is 84.6 cm³/mol. The lowest BCUT2D eigenvalue weighted by Crippen LogP contribution is -2.31. The van der Waals surface area contributed by atoms with Gasteiger partial charge in [-0.3, -0.25) is 0 Å². The first kappa shape index (κ1) is 15.9. The van der Waals surface area contributed by atoms with Crippen molar-refractivity contribution >= 4 is 23.4 Å². The van der Waals surface area contributed by atoms with E-state index >= 15 is 0 Å². The van der Waals surface area contributed by atoms with Gasteiger partial charge in [0, 0.05) is 22.6 Å². The maximum atomic E-state index is 6.16. The Morgan fingerprint density at radius 1 is 1.22 bits per heavy atom. The van der Waals surface area contributed by atoms with Gasteiger partial charge >= 0.3 is 0 Å². The second-order valence-electron chi connectivity index (χ2n) is 4.55. The summed E-state index contributed by atoms with van der Waals surface area (Å²) in [6, 6.07) is 8.77. The Morgan fingerprint density at radius 3 is 2.67 bits per heavy atom. The van der Waals surface area contributed by atoms with Crippen molar-refractivity contribution in [1.29, 1.82) is 0 Å². The van der Waals surface area contributed by atoms with Crippen molar-refractivity contribution in [2.45, 2.75) is 44.9 Å². The van der Waals surface area contributed by atoms with Crippen LogP contribution in [0, 0.1) is 0 Å². The third-order valence-corrected chi connectivity index (χ3v) is 4.38. The molecular weight excluding hydrogens is 262 g/mol. The zero-order valence-corrected chi connectivity index (χ0v) is 13.0. The lowest BCUT2D eigenvalue weighted by atomic mass is 10.2. The van der Waals surface area contributed by atoms with Crippen LogP contribution in [0.4, 0.5) is 0 Å². The van der Waals surface area contributed by atoms with Gasteiger partial charge in [0.15, 0.2) is 0 Å². The van der Waals surface area contributed by atoms with E-state index in [1.54, 1.807) is 0 Å². The second kappa shape index (κ2) is 9.71. The van der Waals surface area contributed by atoms with Crippen LogP contribution in [-0.2, 0) is 5.75 Å². The third kappa shape index (κ3) is 6.12. The van der Waals surface area contributed by atoms with Crippen molar-refractivity contribution in [3.63, 3.8) is 0 Å². The van der Waals surface area contributed by atoms with Gasteiger partial charge in [-0.05, 0) is 31.0 Å². The van der Waals surface area contributed by atoms with Crippen LogP contribution in [0.25, 0.3) is 0 Å². The van der Waals surface area contributed by atoms with E-state index in [2.05, 4.69) is 31.3 Å². The monoisotopic (exact) mass is 285 g/mol. The Bertz CT molecular complexity index is 330. The smallest absolute Gasteiger partial charge is 0.0446 e. The summed E-state index contributed by atoms with van der Waals surface area (Å²) in [6.45, 7) is 5.59. The minimum Gasteiger partial charge on any atom is -0.313 e. The minimum atomic E-state index is 0.641. The predicted octanol–water partition coefficient (Wildman–Crippen LogP) is 4.74. The molecule has 3 heteroatoms. The first-order chi connectivity index (χ1) is 8.77. The molecular formula is C15H24ClNS. The number of benzene rings is 1. The van der Waals surface area contributed by atoms with Crippen molar-refractivity contribution < 1.29 is 0 Å². The molecule has 0 amide bonds. The summed E-state index contributed by atoms with van der Waals surface area (Å²) in [4.78, 5) is 0. The summed E-state index contributed by atoms with van der Waals surface area (Å²) in [6.07, 6.45) is 3.71.